The molecule has 2 aromatic heterocycles. The second-order valence-corrected chi connectivity index (χ2v) is 10.3. The molecule has 206 valence electrons. The van der Waals surface area contributed by atoms with Crippen LogP contribution in [0.5, 0.6) is 0 Å². The average Bonchev–Trinajstić information content (AvgIpc) is 3.70. The average molecular weight is 548 g/mol. The molecule has 0 saturated heterocycles. The van der Waals surface area contributed by atoms with E-state index in [0.29, 0.717) is 24.2 Å². The van der Waals surface area contributed by atoms with Gasteiger partial charge in [0.05, 0.1) is 17.6 Å². The molecule has 0 aliphatic carbocycles. The molecule has 1 N–H and O–H groups in total. The zero-order chi connectivity index (χ0) is 28.0. The topological polar surface area (TPSA) is 91.7 Å². The molecule has 6 rings (SSSR count). The molecule has 2 aliphatic heterocycles. The first-order valence-corrected chi connectivity index (χ1v) is 12.9. The van der Waals surface area contributed by atoms with Crippen molar-refractivity contribution in [2.24, 2.45) is 0 Å². The highest BCUT2D eigenvalue weighted by molar-refractivity contribution is 5.79. The number of fused-ring (bicyclic) bond motifs is 1. The summed E-state index contributed by atoms with van der Waals surface area (Å²) in [6.45, 7) is 13.7. The van der Waals surface area contributed by atoms with Gasteiger partial charge in [0.15, 0.2) is 5.82 Å². The van der Waals surface area contributed by atoms with Crippen LogP contribution >= 0.6 is 0 Å². The van der Waals surface area contributed by atoms with Gasteiger partial charge in [-0.15, -0.1) is 15.3 Å². The van der Waals surface area contributed by atoms with Crippen LogP contribution in [-0.2, 0) is 19.1 Å². The summed E-state index contributed by atoms with van der Waals surface area (Å²) in [6, 6.07) is 9.85. The molecule has 2 aliphatic rings. The molecule has 0 amide bonds. The number of H-pyrrole nitrogens is 1. The summed E-state index contributed by atoms with van der Waals surface area (Å²) in [4.78, 5) is 5.86. The Labute approximate surface area is 228 Å². The van der Waals surface area contributed by atoms with Gasteiger partial charge in [-0.25, -0.2) is 0 Å². The van der Waals surface area contributed by atoms with Crippen LogP contribution in [0.2, 0.25) is 0 Å². The molecule has 0 bridgehead atoms. The normalized spacial score (nSPS) is 15.4. The summed E-state index contributed by atoms with van der Waals surface area (Å²) in [5.74, 6) is 0.467. The lowest BCUT2D eigenvalue weighted by atomic mass is 9.99. The van der Waals surface area contributed by atoms with E-state index in [1.807, 2.05) is 18.2 Å². The van der Waals surface area contributed by atoms with Gasteiger partial charge in [-0.05, 0) is 77.1 Å². The zero-order valence-electron chi connectivity index (χ0n) is 22.0. The molecular weight excluding hydrogens is 519 g/mol. The third-order valence-corrected chi connectivity index (χ3v) is 7.60. The molecule has 0 atom stereocenters. The Morgan fingerprint density at radius 3 is 2.40 bits per heavy atom. The summed E-state index contributed by atoms with van der Waals surface area (Å²) >= 11 is 0. The SMILES string of the molecule is C=C(CCc1ccc(C(F)(F)F)cc1Cn1nnc(C)n1)N1CC2=C(C1)CN(C(=C)c1ccc3[nH]nnc3c1)C2. The van der Waals surface area contributed by atoms with Crippen LogP contribution in [-0.4, -0.2) is 71.6 Å². The van der Waals surface area contributed by atoms with Crippen molar-refractivity contribution in [3.8, 4) is 0 Å². The number of rotatable bonds is 8. The number of alkyl halides is 3. The summed E-state index contributed by atoms with van der Waals surface area (Å²) < 4.78 is 40.2. The molecule has 4 heterocycles. The first kappa shape index (κ1) is 25.8. The molecule has 12 heteroatoms. The number of benzene rings is 2. The molecular formula is C28H28F3N9. The van der Waals surface area contributed by atoms with E-state index >= 15 is 0 Å². The molecule has 40 heavy (non-hydrogen) atoms. The molecule has 0 spiro atoms. The van der Waals surface area contributed by atoms with Gasteiger partial charge in [0.2, 0.25) is 0 Å². The highest BCUT2D eigenvalue weighted by atomic mass is 19.4. The van der Waals surface area contributed by atoms with E-state index in [-0.39, 0.29) is 6.54 Å². The van der Waals surface area contributed by atoms with Gasteiger partial charge >= 0.3 is 6.18 Å². The Balaban J connectivity index is 1.07. The van der Waals surface area contributed by atoms with Crippen LogP contribution in [0.25, 0.3) is 16.7 Å². The minimum absolute atomic E-state index is 0.120. The van der Waals surface area contributed by atoms with Crippen molar-refractivity contribution >= 4 is 16.7 Å². The van der Waals surface area contributed by atoms with Crippen LogP contribution in [0.1, 0.15) is 34.5 Å². The molecule has 0 radical (unpaired) electrons. The minimum atomic E-state index is -4.42. The number of allylic oxidation sites excluding steroid dienone is 1. The lowest BCUT2D eigenvalue weighted by Gasteiger charge is -2.28. The van der Waals surface area contributed by atoms with E-state index in [0.717, 1.165) is 65.8 Å². The highest BCUT2D eigenvalue weighted by Crippen LogP contribution is 2.34. The van der Waals surface area contributed by atoms with Gasteiger partial charge in [-0.2, -0.15) is 18.0 Å². The number of aromatic nitrogens is 7. The van der Waals surface area contributed by atoms with E-state index in [2.05, 4.69) is 53.8 Å². The molecule has 4 aromatic rings. The van der Waals surface area contributed by atoms with Crippen LogP contribution in [0.3, 0.4) is 0 Å². The largest absolute Gasteiger partial charge is 0.416 e. The fourth-order valence-corrected chi connectivity index (χ4v) is 5.37. The van der Waals surface area contributed by atoms with E-state index in [9.17, 15) is 13.2 Å². The zero-order valence-corrected chi connectivity index (χ0v) is 22.0. The van der Waals surface area contributed by atoms with Gasteiger partial charge in [0.25, 0.3) is 0 Å². The molecule has 0 saturated carbocycles. The summed E-state index contributed by atoms with van der Waals surface area (Å²) in [7, 11) is 0. The van der Waals surface area contributed by atoms with Gasteiger partial charge in [-0.3, -0.25) is 5.10 Å². The third kappa shape index (κ3) is 5.08. The Kier molecular flexibility index (Phi) is 6.40. The molecule has 9 nitrogen and oxygen atoms in total. The van der Waals surface area contributed by atoms with Crippen molar-refractivity contribution in [2.75, 3.05) is 26.2 Å². The number of halogens is 3. The van der Waals surface area contributed by atoms with Gasteiger partial charge in [0.1, 0.15) is 5.52 Å². The fraction of sp³-hybridized carbons (Fsp3) is 0.321. The first-order chi connectivity index (χ1) is 19.1. The number of nitrogens with zero attached hydrogens (tertiary/aromatic N) is 8. The minimum Gasteiger partial charge on any atom is -0.367 e. The maximum atomic E-state index is 13.4. The highest BCUT2D eigenvalue weighted by Gasteiger charge is 2.32. The van der Waals surface area contributed by atoms with Crippen LogP contribution in [0, 0.1) is 6.92 Å². The number of nitrogens with one attached hydrogen (secondary N) is 1. The maximum Gasteiger partial charge on any atom is 0.416 e. The molecule has 0 fully saturated rings. The Hall–Kier alpha value is -4.48. The van der Waals surface area contributed by atoms with Crippen molar-refractivity contribution in [1.82, 2.24) is 45.4 Å². The fourth-order valence-electron chi connectivity index (χ4n) is 5.37. The molecule has 2 aromatic carbocycles. The van der Waals surface area contributed by atoms with Crippen LogP contribution in [0.15, 0.2) is 66.4 Å². The van der Waals surface area contributed by atoms with Crippen molar-refractivity contribution < 1.29 is 13.2 Å². The third-order valence-electron chi connectivity index (χ3n) is 7.60. The van der Waals surface area contributed by atoms with Gasteiger partial charge < -0.3 is 9.80 Å². The number of aryl methyl sites for hydroxylation is 2. The lowest BCUT2D eigenvalue weighted by molar-refractivity contribution is -0.137. The van der Waals surface area contributed by atoms with E-state index < -0.39 is 11.7 Å². The summed E-state index contributed by atoms with van der Waals surface area (Å²) in [5.41, 5.74) is 8.04. The Morgan fingerprint density at radius 1 is 0.950 bits per heavy atom. The number of tetrazole rings is 1. The van der Waals surface area contributed by atoms with Crippen LogP contribution in [0.4, 0.5) is 13.2 Å². The second-order valence-electron chi connectivity index (χ2n) is 10.3. The van der Waals surface area contributed by atoms with Crippen LogP contribution < -0.4 is 0 Å². The number of hydrogen-bond acceptors (Lipinski definition) is 7. The molecule has 0 unspecified atom stereocenters. The van der Waals surface area contributed by atoms with E-state index in [1.165, 1.54) is 22.0 Å². The van der Waals surface area contributed by atoms with Crippen molar-refractivity contribution in [3.63, 3.8) is 0 Å². The predicted octanol–water partition coefficient (Wildman–Crippen LogP) is 4.36. The van der Waals surface area contributed by atoms with Crippen molar-refractivity contribution in [2.45, 2.75) is 32.5 Å². The summed E-state index contributed by atoms with van der Waals surface area (Å²) in [5, 5.41) is 22.7. The second kappa shape index (κ2) is 9.92. The standard InChI is InChI=1S/C28H28F3N9/c1-17(4-5-20-6-8-25(28(29,30)31)10-22(20)16-40-35-19(3)32-37-40)38-12-23-14-39(15-24(23)13-38)18(2)21-7-9-26-27(11-21)34-36-33-26/h6-11H,1-2,4-5,12-16H2,3H3,(H,33,34,36). The number of hydrogen-bond donors (Lipinski definition) is 1. The van der Waals surface area contributed by atoms with E-state index in [1.54, 1.807) is 13.0 Å². The summed E-state index contributed by atoms with van der Waals surface area (Å²) in [6.07, 6.45) is -3.22. The smallest absolute Gasteiger partial charge is 0.367 e. The monoisotopic (exact) mass is 547 g/mol. The van der Waals surface area contributed by atoms with Crippen molar-refractivity contribution in [1.29, 1.82) is 0 Å². The Morgan fingerprint density at radius 2 is 1.70 bits per heavy atom. The first-order valence-electron chi connectivity index (χ1n) is 12.9. The van der Waals surface area contributed by atoms with E-state index in [4.69, 9.17) is 0 Å². The van der Waals surface area contributed by atoms with Gasteiger partial charge in [0, 0.05) is 37.6 Å². The Bertz CT molecular complexity index is 1630. The number of aromatic amines is 1. The lowest BCUT2D eigenvalue weighted by Crippen LogP contribution is -2.28. The quantitative estimate of drug-likeness (QED) is 0.328. The van der Waals surface area contributed by atoms with Gasteiger partial charge in [-0.1, -0.05) is 30.5 Å². The van der Waals surface area contributed by atoms with Crippen molar-refractivity contribution in [3.05, 3.63) is 94.5 Å². The maximum absolute atomic E-state index is 13.4. The predicted molar refractivity (Wildman–Crippen MR) is 144 cm³/mol.